The molecule has 0 fully saturated rings. The van der Waals surface area contributed by atoms with Crippen LogP contribution in [0, 0.1) is 12.3 Å². The molecule has 0 bridgehead atoms. The van der Waals surface area contributed by atoms with Crippen molar-refractivity contribution in [2.24, 2.45) is 5.41 Å². The maximum atomic E-state index is 13.2. The molecule has 0 saturated heterocycles. The van der Waals surface area contributed by atoms with Crippen molar-refractivity contribution < 1.29 is 23.1 Å². The van der Waals surface area contributed by atoms with Crippen molar-refractivity contribution in [2.75, 3.05) is 11.8 Å². The number of hydrogen-bond acceptors (Lipinski definition) is 6. The Balaban J connectivity index is 1.94. The van der Waals surface area contributed by atoms with E-state index in [1.165, 1.54) is 19.4 Å². The predicted octanol–water partition coefficient (Wildman–Crippen LogP) is 3.91. The van der Waals surface area contributed by atoms with Crippen molar-refractivity contribution in [1.82, 2.24) is 9.97 Å². The number of sulfonamides is 1. The zero-order valence-corrected chi connectivity index (χ0v) is 19.1. The van der Waals surface area contributed by atoms with E-state index in [2.05, 4.69) is 14.7 Å². The molecule has 8 nitrogen and oxygen atoms in total. The number of aliphatic carboxylic acids is 1. The van der Waals surface area contributed by atoms with E-state index in [-0.39, 0.29) is 16.6 Å². The number of carboxylic acid groups (broad SMARTS) is 1. The van der Waals surface area contributed by atoms with E-state index in [0.717, 1.165) is 5.56 Å². The van der Waals surface area contributed by atoms with Crippen LogP contribution in [-0.2, 0) is 21.2 Å². The van der Waals surface area contributed by atoms with Crippen molar-refractivity contribution in [3.63, 3.8) is 0 Å². The molecule has 0 aliphatic rings. The molecule has 9 heteroatoms. The fourth-order valence-corrected chi connectivity index (χ4v) is 4.41. The third-order valence-electron chi connectivity index (χ3n) is 4.95. The molecule has 168 valence electrons. The highest BCUT2D eigenvalue weighted by Crippen LogP contribution is 2.31. The van der Waals surface area contributed by atoms with Crippen LogP contribution in [0.15, 0.2) is 59.6 Å². The maximum Gasteiger partial charge on any atom is 0.309 e. The van der Waals surface area contributed by atoms with E-state index in [0.29, 0.717) is 23.2 Å². The van der Waals surface area contributed by atoms with Crippen molar-refractivity contribution in [3.8, 4) is 17.0 Å². The number of ether oxygens (including phenoxy) is 1. The van der Waals surface area contributed by atoms with Crippen LogP contribution in [-0.4, -0.2) is 36.6 Å². The van der Waals surface area contributed by atoms with Gasteiger partial charge >= 0.3 is 5.97 Å². The lowest BCUT2D eigenvalue weighted by Crippen LogP contribution is -2.26. The van der Waals surface area contributed by atoms with Gasteiger partial charge in [-0.2, -0.15) is 0 Å². The average Bonchev–Trinajstić information content (AvgIpc) is 2.75. The third kappa shape index (κ3) is 5.05. The smallest absolute Gasteiger partial charge is 0.309 e. The summed E-state index contributed by atoms with van der Waals surface area (Å²) in [7, 11) is -2.61. The van der Waals surface area contributed by atoms with E-state index < -0.39 is 21.4 Å². The molecule has 32 heavy (non-hydrogen) atoms. The largest absolute Gasteiger partial charge is 0.481 e. The highest BCUT2D eigenvalue weighted by atomic mass is 32.2. The number of nitrogens with zero attached hydrogens (tertiary/aromatic N) is 2. The topological polar surface area (TPSA) is 118 Å². The SMILES string of the molecule is COc1nc(C)cnc1NS(=O)(=O)c1ccccc1-c1ccc(CC(C)(C)C(=O)O)cc1. The second-order valence-corrected chi connectivity index (χ2v) is 9.68. The van der Waals surface area contributed by atoms with Crippen LogP contribution in [0.3, 0.4) is 0 Å². The van der Waals surface area contributed by atoms with E-state index in [4.69, 9.17) is 4.74 Å². The first-order valence-corrected chi connectivity index (χ1v) is 11.3. The van der Waals surface area contributed by atoms with Crippen LogP contribution in [0.4, 0.5) is 5.82 Å². The summed E-state index contributed by atoms with van der Waals surface area (Å²) in [6, 6.07) is 13.8. The van der Waals surface area contributed by atoms with Crippen molar-refractivity contribution in [3.05, 3.63) is 66.0 Å². The molecule has 0 aliphatic heterocycles. The van der Waals surface area contributed by atoms with Gasteiger partial charge in [-0.15, -0.1) is 0 Å². The van der Waals surface area contributed by atoms with Gasteiger partial charge in [0.05, 0.1) is 29.3 Å². The van der Waals surface area contributed by atoms with Gasteiger partial charge in [0, 0.05) is 5.56 Å². The molecular formula is C23H25N3O5S. The number of carbonyl (C=O) groups is 1. The molecule has 2 N–H and O–H groups in total. The van der Waals surface area contributed by atoms with Gasteiger partial charge in [0.25, 0.3) is 15.9 Å². The summed E-state index contributed by atoms with van der Waals surface area (Å²) in [4.78, 5) is 19.7. The lowest BCUT2D eigenvalue weighted by molar-refractivity contribution is -0.146. The van der Waals surface area contributed by atoms with Crippen molar-refractivity contribution in [1.29, 1.82) is 0 Å². The molecule has 3 rings (SSSR count). The molecule has 0 unspecified atom stereocenters. The number of hydrogen-bond donors (Lipinski definition) is 2. The molecule has 0 saturated carbocycles. The maximum absolute atomic E-state index is 13.2. The molecule has 1 heterocycles. The van der Waals surface area contributed by atoms with E-state index in [9.17, 15) is 18.3 Å². The first-order chi connectivity index (χ1) is 15.0. The summed E-state index contributed by atoms with van der Waals surface area (Å²) < 4.78 is 34.0. The van der Waals surface area contributed by atoms with E-state index in [1.54, 1.807) is 51.1 Å². The number of methoxy groups -OCH3 is 1. The number of nitrogens with one attached hydrogen (secondary N) is 1. The minimum absolute atomic E-state index is 0.000784. The lowest BCUT2D eigenvalue weighted by Gasteiger charge is -2.19. The minimum Gasteiger partial charge on any atom is -0.481 e. The highest BCUT2D eigenvalue weighted by molar-refractivity contribution is 7.92. The number of carboxylic acids is 1. The average molecular weight is 456 g/mol. The normalized spacial score (nSPS) is 11.8. The van der Waals surface area contributed by atoms with Crippen LogP contribution in [0.2, 0.25) is 0 Å². The molecule has 3 aromatic rings. The van der Waals surface area contributed by atoms with E-state index in [1.807, 2.05) is 12.1 Å². The summed E-state index contributed by atoms with van der Waals surface area (Å²) in [5.41, 5.74) is 1.73. The standard InChI is InChI=1S/C23H25N3O5S/c1-15-14-24-20(21(25-15)31-4)26-32(29,30)19-8-6-5-7-18(19)17-11-9-16(10-12-17)13-23(2,3)22(27)28/h5-12,14H,13H2,1-4H3,(H,24,26)(H,27,28). The fourth-order valence-electron chi connectivity index (χ4n) is 3.18. The lowest BCUT2D eigenvalue weighted by atomic mass is 9.85. The molecule has 0 amide bonds. The monoisotopic (exact) mass is 455 g/mol. The van der Waals surface area contributed by atoms with Gasteiger partial charge in [-0.05, 0) is 44.4 Å². The van der Waals surface area contributed by atoms with Crippen LogP contribution in [0.1, 0.15) is 25.1 Å². The van der Waals surface area contributed by atoms with Crippen LogP contribution < -0.4 is 9.46 Å². The Morgan fingerprint density at radius 3 is 2.41 bits per heavy atom. The summed E-state index contributed by atoms with van der Waals surface area (Å²) in [5, 5.41) is 9.34. The van der Waals surface area contributed by atoms with Gasteiger partial charge in [0.1, 0.15) is 0 Å². The number of aryl methyl sites for hydroxylation is 1. The molecular weight excluding hydrogens is 430 g/mol. The molecule has 1 aromatic heterocycles. The Morgan fingerprint density at radius 1 is 1.12 bits per heavy atom. The predicted molar refractivity (Wildman–Crippen MR) is 121 cm³/mol. The first kappa shape index (κ1) is 23.2. The molecule has 0 aliphatic carbocycles. The van der Waals surface area contributed by atoms with Gasteiger partial charge in [-0.1, -0.05) is 42.5 Å². The number of benzene rings is 2. The summed E-state index contributed by atoms with van der Waals surface area (Å²) in [5.74, 6) is -0.797. The van der Waals surface area contributed by atoms with Crippen LogP contribution >= 0.6 is 0 Å². The zero-order valence-electron chi connectivity index (χ0n) is 18.3. The molecule has 0 atom stereocenters. The Labute approximate surface area is 187 Å². The van der Waals surface area contributed by atoms with Gasteiger partial charge in [0.15, 0.2) is 0 Å². The molecule has 0 spiro atoms. The molecule has 0 radical (unpaired) electrons. The Hall–Kier alpha value is -3.46. The molecule has 2 aromatic carbocycles. The number of rotatable bonds is 8. The first-order valence-electron chi connectivity index (χ1n) is 9.86. The Morgan fingerprint density at radius 2 is 1.78 bits per heavy atom. The van der Waals surface area contributed by atoms with Gasteiger partial charge in [-0.25, -0.2) is 18.4 Å². The van der Waals surface area contributed by atoms with Crippen LogP contribution in [0.25, 0.3) is 11.1 Å². The van der Waals surface area contributed by atoms with Crippen molar-refractivity contribution >= 4 is 21.8 Å². The highest BCUT2D eigenvalue weighted by Gasteiger charge is 2.27. The summed E-state index contributed by atoms with van der Waals surface area (Å²) in [6.45, 7) is 5.06. The van der Waals surface area contributed by atoms with E-state index >= 15 is 0 Å². The summed E-state index contributed by atoms with van der Waals surface area (Å²) >= 11 is 0. The van der Waals surface area contributed by atoms with Crippen molar-refractivity contribution in [2.45, 2.75) is 32.1 Å². The van der Waals surface area contributed by atoms with Gasteiger partial charge in [0.2, 0.25) is 5.82 Å². The summed E-state index contributed by atoms with van der Waals surface area (Å²) in [6.07, 6.45) is 1.81. The Bertz CT molecular complexity index is 1240. The van der Waals surface area contributed by atoms with Crippen LogP contribution in [0.5, 0.6) is 5.88 Å². The zero-order chi connectivity index (χ0) is 23.5. The Kier molecular flexibility index (Phi) is 6.50. The van der Waals surface area contributed by atoms with Gasteiger partial charge < -0.3 is 9.84 Å². The third-order valence-corrected chi connectivity index (χ3v) is 6.35. The minimum atomic E-state index is -4.00. The second-order valence-electron chi connectivity index (χ2n) is 8.03. The quantitative estimate of drug-likeness (QED) is 0.528. The number of aromatic nitrogens is 2. The fraction of sp³-hybridized carbons (Fsp3) is 0.261. The second kappa shape index (κ2) is 8.96. The van der Waals surface area contributed by atoms with Gasteiger partial charge in [-0.3, -0.25) is 9.52 Å². The number of anilines is 1.